The van der Waals surface area contributed by atoms with Crippen LogP contribution in [0, 0.1) is 12.8 Å². The number of esters is 1. The van der Waals surface area contributed by atoms with Crippen LogP contribution in [-0.4, -0.2) is 22.1 Å². The van der Waals surface area contributed by atoms with E-state index in [1.54, 1.807) is 6.92 Å². The van der Waals surface area contributed by atoms with Gasteiger partial charge in [0.2, 0.25) is 0 Å². The molecule has 0 bridgehead atoms. The lowest BCUT2D eigenvalue weighted by atomic mass is 9.94. The van der Waals surface area contributed by atoms with Gasteiger partial charge in [-0.1, -0.05) is 18.2 Å². The van der Waals surface area contributed by atoms with Gasteiger partial charge in [0.05, 0.1) is 17.9 Å². The zero-order valence-corrected chi connectivity index (χ0v) is 16.9. The van der Waals surface area contributed by atoms with Crippen molar-refractivity contribution in [3.63, 3.8) is 0 Å². The predicted molar refractivity (Wildman–Crippen MR) is 108 cm³/mol. The minimum absolute atomic E-state index is 0.135. The molecule has 0 radical (unpaired) electrons. The summed E-state index contributed by atoms with van der Waals surface area (Å²) in [6.07, 6.45) is 5.45. The number of aryl methyl sites for hydroxylation is 2. The summed E-state index contributed by atoms with van der Waals surface area (Å²) >= 11 is 0. The highest BCUT2D eigenvalue weighted by atomic mass is 16.6. The Bertz CT molecular complexity index is 1090. The number of benzene rings is 1. The van der Waals surface area contributed by atoms with Crippen molar-refractivity contribution in [3.05, 3.63) is 69.7 Å². The molecule has 1 atom stereocenters. The molecule has 0 saturated heterocycles. The molecule has 158 valence electrons. The summed E-state index contributed by atoms with van der Waals surface area (Å²) in [4.78, 5) is 28.6. The highest BCUT2D eigenvalue weighted by molar-refractivity contribution is 5.72. The Morgan fingerprint density at radius 1 is 1.30 bits per heavy atom. The number of carbonyl (C=O) groups is 1. The number of hydrogen-bond donors (Lipinski definition) is 1. The van der Waals surface area contributed by atoms with Gasteiger partial charge in [0.15, 0.2) is 18.1 Å². The van der Waals surface area contributed by atoms with E-state index in [1.807, 2.05) is 18.5 Å². The van der Waals surface area contributed by atoms with Crippen molar-refractivity contribution in [2.24, 2.45) is 11.7 Å². The summed E-state index contributed by atoms with van der Waals surface area (Å²) in [5.74, 6) is -0.993. The Hall–Kier alpha value is -3.13. The molecule has 8 heteroatoms. The van der Waals surface area contributed by atoms with E-state index >= 15 is 0 Å². The van der Waals surface area contributed by atoms with Gasteiger partial charge >= 0.3 is 11.8 Å². The molecule has 4 rings (SSSR count). The number of nitrogens with zero attached hydrogens (tertiary/aromatic N) is 2. The minimum Gasteiger partial charge on any atom is -0.457 e. The molecule has 0 aliphatic carbocycles. The lowest BCUT2D eigenvalue weighted by Crippen LogP contribution is -2.22. The van der Waals surface area contributed by atoms with Crippen LogP contribution in [0.15, 0.2) is 44.2 Å². The SMILES string of the molecule is Cc1oc(=O)oc1COC(=O)[C@@H](CCCN)Cc1ncn2c1CCc1ccccc1-2. The second-order valence-electron chi connectivity index (χ2n) is 7.51. The normalized spacial score (nSPS) is 13.5. The first-order valence-corrected chi connectivity index (χ1v) is 10.2. The van der Waals surface area contributed by atoms with E-state index in [4.69, 9.17) is 19.3 Å². The molecule has 8 nitrogen and oxygen atoms in total. The van der Waals surface area contributed by atoms with E-state index in [9.17, 15) is 9.59 Å². The van der Waals surface area contributed by atoms with E-state index in [0.717, 1.165) is 29.9 Å². The van der Waals surface area contributed by atoms with E-state index in [2.05, 4.69) is 21.7 Å². The average molecular weight is 411 g/mol. The highest BCUT2D eigenvalue weighted by Gasteiger charge is 2.26. The van der Waals surface area contributed by atoms with Crippen molar-refractivity contribution in [1.29, 1.82) is 0 Å². The van der Waals surface area contributed by atoms with E-state index in [-0.39, 0.29) is 24.3 Å². The minimum atomic E-state index is -0.803. The van der Waals surface area contributed by atoms with Crippen LogP contribution in [0.3, 0.4) is 0 Å². The van der Waals surface area contributed by atoms with Gasteiger partial charge in [0.1, 0.15) is 0 Å². The highest BCUT2D eigenvalue weighted by Crippen LogP contribution is 2.28. The van der Waals surface area contributed by atoms with Crippen LogP contribution in [0.25, 0.3) is 5.69 Å². The van der Waals surface area contributed by atoms with Gasteiger partial charge in [-0.2, -0.15) is 0 Å². The van der Waals surface area contributed by atoms with E-state index < -0.39 is 5.82 Å². The zero-order chi connectivity index (χ0) is 21.1. The summed E-state index contributed by atoms with van der Waals surface area (Å²) < 4.78 is 17.2. The maximum atomic E-state index is 12.8. The quantitative estimate of drug-likeness (QED) is 0.566. The molecule has 0 amide bonds. The van der Waals surface area contributed by atoms with Gasteiger partial charge in [-0.05, 0) is 50.8 Å². The molecule has 3 aromatic rings. The number of para-hydroxylation sites is 1. The smallest absolute Gasteiger partial charge is 0.457 e. The Kier molecular flexibility index (Phi) is 5.85. The monoisotopic (exact) mass is 411 g/mol. The predicted octanol–water partition coefficient (Wildman–Crippen LogP) is 2.47. The van der Waals surface area contributed by atoms with Crippen LogP contribution in [0.1, 0.15) is 41.3 Å². The summed E-state index contributed by atoms with van der Waals surface area (Å²) in [6, 6.07) is 8.29. The van der Waals surface area contributed by atoms with Crippen molar-refractivity contribution in [1.82, 2.24) is 9.55 Å². The molecule has 1 aromatic carbocycles. The number of hydrogen-bond acceptors (Lipinski definition) is 7. The molecule has 30 heavy (non-hydrogen) atoms. The van der Waals surface area contributed by atoms with Gasteiger partial charge in [-0.3, -0.25) is 4.79 Å². The molecular formula is C22H25N3O5. The van der Waals surface area contributed by atoms with Crippen LogP contribution >= 0.6 is 0 Å². The Morgan fingerprint density at radius 2 is 2.13 bits per heavy atom. The van der Waals surface area contributed by atoms with Crippen molar-refractivity contribution in [2.45, 2.75) is 45.6 Å². The maximum Gasteiger partial charge on any atom is 0.519 e. The lowest BCUT2D eigenvalue weighted by Gasteiger charge is -2.20. The van der Waals surface area contributed by atoms with E-state index in [1.165, 1.54) is 5.56 Å². The number of fused-ring (bicyclic) bond motifs is 3. The molecule has 1 aliphatic heterocycles. The molecule has 0 fully saturated rings. The standard InChI is InChI=1S/C22H25N3O5/c1-14-20(30-22(27)29-14)12-28-21(26)16(6-4-10-23)11-17-19-9-8-15-5-2-3-7-18(15)25(19)13-24-17/h2-3,5,7,13,16H,4,6,8-12,23H2,1H3/t16-/m0/s1. The largest absolute Gasteiger partial charge is 0.519 e. The van der Waals surface area contributed by atoms with E-state index in [0.29, 0.717) is 31.6 Å². The first-order chi connectivity index (χ1) is 14.6. The lowest BCUT2D eigenvalue weighted by molar-refractivity contribution is -0.150. The van der Waals surface area contributed by atoms with Gasteiger partial charge < -0.3 is 23.9 Å². The van der Waals surface area contributed by atoms with Crippen LogP contribution in [-0.2, 0) is 35.4 Å². The Morgan fingerprint density at radius 3 is 2.90 bits per heavy atom. The second-order valence-corrected chi connectivity index (χ2v) is 7.51. The first-order valence-electron chi connectivity index (χ1n) is 10.2. The van der Waals surface area contributed by atoms with Gasteiger partial charge in [-0.15, -0.1) is 0 Å². The number of imidazole rings is 1. The van der Waals surface area contributed by atoms with Gasteiger partial charge in [0.25, 0.3) is 0 Å². The van der Waals surface area contributed by atoms with Crippen LogP contribution in [0.4, 0.5) is 0 Å². The summed E-state index contributed by atoms with van der Waals surface area (Å²) in [6.45, 7) is 1.95. The molecule has 1 aliphatic rings. The topological polar surface area (TPSA) is 113 Å². The van der Waals surface area contributed by atoms with Crippen LogP contribution in [0.5, 0.6) is 0 Å². The number of aromatic nitrogens is 2. The molecule has 2 N–H and O–H groups in total. The van der Waals surface area contributed by atoms with Crippen LogP contribution in [0.2, 0.25) is 0 Å². The number of carbonyl (C=O) groups excluding carboxylic acids is 1. The third-order valence-corrected chi connectivity index (χ3v) is 5.55. The summed E-state index contributed by atoms with van der Waals surface area (Å²) in [5.41, 5.74) is 10.2. The van der Waals surface area contributed by atoms with Crippen molar-refractivity contribution in [2.75, 3.05) is 6.54 Å². The fraction of sp³-hybridized carbons (Fsp3) is 0.409. The first kappa shape index (κ1) is 20.2. The van der Waals surface area contributed by atoms with Gasteiger partial charge in [-0.25, -0.2) is 9.78 Å². The number of ether oxygens (including phenoxy) is 1. The number of nitrogens with two attached hydrogens (primary N) is 1. The van der Waals surface area contributed by atoms with Crippen LogP contribution < -0.4 is 11.6 Å². The molecule has 0 unspecified atom stereocenters. The molecular weight excluding hydrogens is 386 g/mol. The molecule has 3 heterocycles. The van der Waals surface area contributed by atoms with Crippen molar-refractivity contribution < 1.29 is 18.4 Å². The molecule has 0 spiro atoms. The summed E-state index contributed by atoms with van der Waals surface area (Å²) in [7, 11) is 0. The fourth-order valence-corrected chi connectivity index (χ4v) is 3.93. The third kappa shape index (κ3) is 4.09. The fourth-order valence-electron chi connectivity index (χ4n) is 3.93. The van der Waals surface area contributed by atoms with Crippen molar-refractivity contribution in [3.8, 4) is 5.69 Å². The number of rotatable bonds is 8. The third-order valence-electron chi connectivity index (χ3n) is 5.55. The summed E-state index contributed by atoms with van der Waals surface area (Å²) in [5, 5.41) is 0. The molecule has 0 saturated carbocycles. The average Bonchev–Trinajstić information content (AvgIpc) is 3.31. The maximum absolute atomic E-state index is 12.8. The van der Waals surface area contributed by atoms with Gasteiger partial charge in [0, 0.05) is 17.8 Å². The second kappa shape index (κ2) is 8.71. The Labute approximate surface area is 173 Å². The Balaban J connectivity index is 1.50. The zero-order valence-electron chi connectivity index (χ0n) is 16.9. The van der Waals surface area contributed by atoms with Crippen molar-refractivity contribution >= 4 is 5.97 Å². The molecule has 2 aromatic heterocycles.